The van der Waals surface area contributed by atoms with Crippen molar-refractivity contribution in [2.75, 3.05) is 24.5 Å². The van der Waals surface area contributed by atoms with Crippen molar-refractivity contribution in [3.63, 3.8) is 0 Å². The summed E-state index contributed by atoms with van der Waals surface area (Å²) in [6.07, 6.45) is 1.07. The number of nitrogens with zero attached hydrogens (tertiary/aromatic N) is 1. The van der Waals surface area contributed by atoms with Gasteiger partial charge in [-0.1, -0.05) is 6.07 Å². The molecular formula is C13H19FN2. The molecule has 1 aromatic rings. The molecular weight excluding hydrogens is 203 g/mol. The van der Waals surface area contributed by atoms with Crippen molar-refractivity contribution in [3.05, 3.63) is 29.6 Å². The van der Waals surface area contributed by atoms with Crippen LogP contribution in [-0.2, 0) is 0 Å². The van der Waals surface area contributed by atoms with Crippen molar-refractivity contribution in [2.24, 2.45) is 0 Å². The lowest BCUT2D eigenvalue weighted by atomic mass is 10.2. The third-order valence-electron chi connectivity index (χ3n) is 3.04. The average Bonchev–Trinajstić information content (AvgIpc) is 2.43. The van der Waals surface area contributed by atoms with E-state index < -0.39 is 0 Å². The molecule has 1 atom stereocenters. The van der Waals surface area contributed by atoms with Gasteiger partial charge in [0.2, 0.25) is 0 Å². The van der Waals surface area contributed by atoms with Crippen molar-refractivity contribution >= 4 is 5.69 Å². The van der Waals surface area contributed by atoms with Gasteiger partial charge < -0.3 is 10.2 Å². The normalized spacial score (nSPS) is 21.9. The van der Waals surface area contributed by atoms with Gasteiger partial charge in [0.25, 0.3) is 0 Å². The second-order valence-electron chi connectivity index (χ2n) is 4.61. The second-order valence-corrected chi connectivity index (χ2v) is 4.61. The van der Waals surface area contributed by atoms with Crippen molar-refractivity contribution in [1.29, 1.82) is 0 Å². The van der Waals surface area contributed by atoms with Crippen LogP contribution in [-0.4, -0.2) is 25.7 Å². The van der Waals surface area contributed by atoms with Gasteiger partial charge in [-0.3, -0.25) is 0 Å². The molecule has 0 amide bonds. The van der Waals surface area contributed by atoms with E-state index in [1.54, 1.807) is 6.07 Å². The molecule has 2 nitrogen and oxygen atoms in total. The number of benzene rings is 1. The molecule has 1 unspecified atom stereocenters. The summed E-state index contributed by atoms with van der Waals surface area (Å²) in [6, 6.07) is 5.89. The molecule has 2 rings (SSSR count). The lowest BCUT2D eigenvalue weighted by Crippen LogP contribution is -2.35. The Bertz CT molecular complexity index is 365. The first-order valence-electron chi connectivity index (χ1n) is 5.91. The monoisotopic (exact) mass is 222 g/mol. The summed E-state index contributed by atoms with van der Waals surface area (Å²) in [5.41, 5.74) is 1.71. The van der Waals surface area contributed by atoms with Crippen LogP contribution < -0.4 is 10.2 Å². The van der Waals surface area contributed by atoms with Gasteiger partial charge in [-0.15, -0.1) is 0 Å². The Kier molecular flexibility index (Phi) is 3.44. The van der Waals surface area contributed by atoms with Crippen LogP contribution in [0.25, 0.3) is 0 Å². The molecule has 0 radical (unpaired) electrons. The first-order chi connectivity index (χ1) is 7.66. The third kappa shape index (κ3) is 2.53. The van der Waals surface area contributed by atoms with Gasteiger partial charge in [0.05, 0.1) is 5.69 Å². The van der Waals surface area contributed by atoms with Crippen molar-refractivity contribution in [1.82, 2.24) is 5.32 Å². The van der Waals surface area contributed by atoms with Crippen LogP contribution >= 0.6 is 0 Å². The van der Waals surface area contributed by atoms with Crippen LogP contribution in [0, 0.1) is 12.7 Å². The van der Waals surface area contributed by atoms with Crippen LogP contribution in [0.3, 0.4) is 0 Å². The Morgan fingerprint density at radius 1 is 1.44 bits per heavy atom. The highest BCUT2D eigenvalue weighted by molar-refractivity contribution is 5.49. The van der Waals surface area contributed by atoms with E-state index in [0.717, 1.165) is 37.3 Å². The summed E-state index contributed by atoms with van der Waals surface area (Å²) in [5, 5.41) is 3.41. The second kappa shape index (κ2) is 4.83. The van der Waals surface area contributed by atoms with Crippen molar-refractivity contribution in [3.8, 4) is 0 Å². The van der Waals surface area contributed by atoms with Crippen LogP contribution in [0.1, 0.15) is 18.9 Å². The number of hydrogen-bond donors (Lipinski definition) is 1. The van der Waals surface area contributed by atoms with E-state index in [2.05, 4.69) is 17.1 Å². The van der Waals surface area contributed by atoms with Gasteiger partial charge in [-0.05, 0) is 44.5 Å². The Labute approximate surface area is 96.5 Å². The number of rotatable bonds is 1. The third-order valence-corrected chi connectivity index (χ3v) is 3.04. The standard InChI is InChI=1S/C13H19FN2/c1-10-4-5-13(12(14)8-10)16-7-3-6-15-11(2)9-16/h4-5,8,11,15H,3,6-7,9H2,1-2H3. The number of halogens is 1. The van der Waals surface area contributed by atoms with Gasteiger partial charge in [0.1, 0.15) is 5.82 Å². The first-order valence-corrected chi connectivity index (χ1v) is 5.91. The molecule has 88 valence electrons. The number of aryl methyl sites for hydroxylation is 1. The lowest BCUT2D eigenvalue weighted by molar-refractivity contribution is 0.577. The van der Waals surface area contributed by atoms with Gasteiger partial charge in [-0.2, -0.15) is 0 Å². The molecule has 1 aromatic carbocycles. The maximum absolute atomic E-state index is 13.8. The fraction of sp³-hybridized carbons (Fsp3) is 0.538. The van der Waals surface area contributed by atoms with Crippen LogP contribution in [0.5, 0.6) is 0 Å². The van der Waals surface area contributed by atoms with E-state index in [1.807, 2.05) is 19.1 Å². The lowest BCUT2D eigenvalue weighted by Gasteiger charge is -2.25. The summed E-state index contributed by atoms with van der Waals surface area (Å²) < 4.78 is 13.8. The summed E-state index contributed by atoms with van der Waals surface area (Å²) in [6.45, 7) is 6.88. The van der Waals surface area contributed by atoms with Crippen LogP contribution in [0.2, 0.25) is 0 Å². The van der Waals surface area contributed by atoms with Crippen molar-refractivity contribution in [2.45, 2.75) is 26.3 Å². The van der Waals surface area contributed by atoms with E-state index in [9.17, 15) is 4.39 Å². The minimum atomic E-state index is -0.103. The Hall–Kier alpha value is -1.09. The molecule has 1 saturated heterocycles. The number of nitrogens with one attached hydrogen (secondary N) is 1. The molecule has 1 aliphatic heterocycles. The van der Waals surface area contributed by atoms with E-state index in [-0.39, 0.29) is 5.82 Å². The Morgan fingerprint density at radius 3 is 3.00 bits per heavy atom. The molecule has 0 aromatic heterocycles. The molecule has 0 saturated carbocycles. The minimum absolute atomic E-state index is 0.103. The predicted octanol–water partition coefficient (Wildman–Crippen LogP) is 2.32. The van der Waals surface area contributed by atoms with E-state index in [0.29, 0.717) is 6.04 Å². The molecule has 0 bridgehead atoms. The zero-order valence-electron chi connectivity index (χ0n) is 9.96. The Balaban J connectivity index is 2.21. The molecule has 3 heteroatoms. The quantitative estimate of drug-likeness (QED) is 0.784. The van der Waals surface area contributed by atoms with Gasteiger partial charge >= 0.3 is 0 Å². The van der Waals surface area contributed by atoms with E-state index in [4.69, 9.17) is 0 Å². The highest BCUT2D eigenvalue weighted by atomic mass is 19.1. The number of hydrogen-bond acceptors (Lipinski definition) is 2. The average molecular weight is 222 g/mol. The predicted molar refractivity (Wildman–Crippen MR) is 65.4 cm³/mol. The first kappa shape index (κ1) is 11.4. The van der Waals surface area contributed by atoms with E-state index in [1.165, 1.54) is 0 Å². The zero-order valence-corrected chi connectivity index (χ0v) is 9.96. The summed E-state index contributed by atoms with van der Waals surface area (Å²) >= 11 is 0. The number of anilines is 1. The molecule has 1 N–H and O–H groups in total. The molecule has 1 heterocycles. The SMILES string of the molecule is Cc1ccc(N2CCCNC(C)C2)c(F)c1. The highest BCUT2D eigenvalue weighted by Gasteiger charge is 2.16. The minimum Gasteiger partial charge on any atom is -0.368 e. The van der Waals surface area contributed by atoms with Crippen LogP contribution in [0.15, 0.2) is 18.2 Å². The van der Waals surface area contributed by atoms with E-state index >= 15 is 0 Å². The van der Waals surface area contributed by atoms with Gasteiger partial charge in [0.15, 0.2) is 0 Å². The molecule has 1 fully saturated rings. The highest BCUT2D eigenvalue weighted by Crippen LogP contribution is 2.21. The topological polar surface area (TPSA) is 15.3 Å². The van der Waals surface area contributed by atoms with Gasteiger partial charge in [-0.25, -0.2) is 4.39 Å². The fourth-order valence-corrected chi connectivity index (χ4v) is 2.19. The molecule has 0 aliphatic carbocycles. The summed E-state index contributed by atoms with van der Waals surface area (Å²) in [5.74, 6) is -0.103. The molecule has 16 heavy (non-hydrogen) atoms. The van der Waals surface area contributed by atoms with Gasteiger partial charge in [0, 0.05) is 19.1 Å². The largest absolute Gasteiger partial charge is 0.368 e. The summed E-state index contributed by atoms with van der Waals surface area (Å²) in [7, 11) is 0. The fourth-order valence-electron chi connectivity index (χ4n) is 2.19. The summed E-state index contributed by atoms with van der Waals surface area (Å²) in [4.78, 5) is 2.14. The maximum atomic E-state index is 13.8. The van der Waals surface area contributed by atoms with Crippen molar-refractivity contribution < 1.29 is 4.39 Å². The molecule has 0 spiro atoms. The Morgan fingerprint density at radius 2 is 2.25 bits per heavy atom. The van der Waals surface area contributed by atoms with Crippen LogP contribution in [0.4, 0.5) is 10.1 Å². The smallest absolute Gasteiger partial charge is 0.146 e. The molecule has 1 aliphatic rings. The maximum Gasteiger partial charge on any atom is 0.146 e. The zero-order chi connectivity index (χ0) is 11.5.